The molecule has 0 atom stereocenters. The predicted molar refractivity (Wildman–Crippen MR) is 62.4 cm³/mol. The minimum absolute atomic E-state index is 0.154. The number of carbonyl (C=O) groups excluding carboxylic acids is 1. The highest BCUT2D eigenvalue weighted by atomic mass is 19.2. The van der Waals surface area contributed by atoms with Crippen molar-refractivity contribution in [3.8, 4) is 0 Å². The molecule has 0 aliphatic carbocycles. The maximum atomic E-state index is 13.1. The fraction of sp³-hybridized carbons (Fsp3) is 0.154. The van der Waals surface area contributed by atoms with Crippen molar-refractivity contribution >= 4 is 11.6 Å². The van der Waals surface area contributed by atoms with Crippen molar-refractivity contribution in [1.82, 2.24) is 0 Å². The van der Waals surface area contributed by atoms with E-state index in [1.807, 2.05) is 0 Å². The molecule has 1 aromatic carbocycles. The van der Waals surface area contributed by atoms with Crippen LogP contribution in [-0.4, -0.2) is 12.5 Å². The fourth-order valence-corrected chi connectivity index (χ4v) is 1.63. The van der Waals surface area contributed by atoms with Gasteiger partial charge in [-0.05, 0) is 31.2 Å². The second-order valence-corrected chi connectivity index (χ2v) is 3.63. The van der Waals surface area contributed by atoms with Gasteiger partial charge in [-0.1, -0.05) is 0 Å². The first-order valence-electron chi connectivity index (χ1n) is 5.44. The summed E-state index contributed by atoms with van der Waals surface area (Å²) in [6, 6.07) is 6.43. The predicted octanol–water partition coefficient (Wildman–Crippen LogP) is 3.22. The van der Waals surface area contributed by atoms with Crippen LogP contribution in [0.25, 0.3) is 0 Å². The first-order chi connectivity index (χ1) is 8.63. The van der Waals surface area contributed by atoms with Gasteiger partial charge in [0, 0.05) is 18.3 Å². The summed E-state index contributed by atoms with van der Waals surface area (Å²) in [5.41, 5.74) is 0.290. The van der Waals surface area contributed by atoms with E-state index in [9.17, 15) is 13.6 Å². The van der Waals surface area contributed by atoms with Gasteiger partial charge in [-0.2, -0.15) is 0 Å². The summed E-state index contributed by atoms with van der Waals surface area (Å²) in [4.78, 5) is 13.4. The first-order valence-corrected chi connectivity index (χ1v) is 5.44. The van der Waals surface area contributed by atoms with Gasteiger partial charge in [-0.3, -0.25) is 4.79 Å². The Morgan fingerprint density at radius 1 is 1.28 bits per heavy atom. The number of hydrogen-bond acceptors (Lipinski definition) is 2. The third-order valence-corrected chi connectivity index (χ3v) is 2.51. The zero-order valence-corrected chi connectivity index (χ0v) is 9.69. The summed E-state index contributed by atoms with van der Waals surface area (Å²) in [5.74, 6) is -2.17. The standard InChI is InChI=1S/C13H11F2NO2/c1-2-16(13(17)12-4-3-7-18-12)9-5-6-10(14)11(15)8-9/h3-8H,2H2,1H3. The van der Waals surface area contributed by atoms with Crippen molar-refractivity contribution in [2.45, 2.75) is 6.92 Å². The Morgan fingerprint density at radius 2 is 2.06 bits per heavy atom. The van der Waals surface area contributed by atoms with E-state index in [1.165, 1.54) is 23.3 Å². The third-order valence-electron chi connectivity index (χ3n) is 2.51. The highest BCUT2D eigenvalue weighted by Crippen LogP contribution is 2.20. The monoisotopic (exact) mass is 251 g/mol. The molecule has 1 heterocycles. The number of amides is 1. The van der Waals surface area contributed by atoms with Crippen LogP contribution in [0.2, 0.25) is 0 Å². The molecule has 0 unspecified atom stereocenters. The van der Waals surface area contributed by atoms with E-state index in [4.69, 9.17) is 4.42 Å². The van der Waals surface area contributed by atoms with Crippen molar-refractivity contribution in [3.05, 3.63) is 54.0 Å². The zero-order chi connectivity index (χ0) is 13.1. The lowest BCUT2D eigenvalue weighted by molar-refractivity contribution is 0.0961. The Balaban J connectivity index is 2.33. The number of benzene rings is 1. The van der Waals surface area contributed by atoms with Crippen LogP contribution >= 0.6 is 0 Å². The van der Waals surface area contributed by atoms with Gasteiger partial charge < -0.3 is 9.32 Å². The van der Waals surface area contributed by atoms with Crippen LogP contribution < -0.4 is 4.90 Å². The second-order valence-electron chi connectivity index (χ2n) is 3.63. The number of anilines is 1. The van der Waals surface area contributed by atoms with Crippen LogP contribution in [0.15, 0.2) is 41.0 Å². The molecule has 0 radical (unpaired) electrons. The van der Waals surface area contributed by atoms with E-state index >= 15 is 0 Å². The largest absolute Gasteiger partial charge is 0.459 e. The van der Waals surface area contributed by atoms with Gasteiger partial charge in [0.1, 0.15) is 0 Å². The summed E-state index contributed by atoms with van der Waals surface area (Å²) in [5, 5.41) is 0. The summed E-state index contributed by atoms with van der Waals surface area (Å²) >= 11 is 0. The van der Waals surface area contributed by atoms with Gasteiger partial charge in [-0.15, -0.1) is 0 Å². The zero-order valence-electron chi connectivity index (χ0n) is 9.69. The van der Waals surface area contributed by atoms with E-state index in [0.29, 0.717) is 6.54 Å². The van der Waals surface area contributed by atoms with Gasteiger partial charge >= 0.3 is 0 Å². The Kier molecular flexibility index (Phi) is 3.41. The van der Waals surface area contributed by atoms with Gasteiger partial charge in [0.05, 0.1) is 6.26 Å². The van der Waals surface area contributed by atoms with Gasteiger partial charge in [-0.25, -0.2) is 8.78 Å². The molecular formula is C13H11F2NO2. The molecule has 0 saturated heterocycles. The first kappa shape index (κ1) is 12.3. The fourth-order valence-electron chi connectivity index (χ4n) is 1.63. The van der Waals surface area contributed by atoms with Crippen molar-refractivity contribution in [2.24, 2.45) is 0 Å². The second kappa shape index (κ2) is 5.00. The van der Waals surface area contributed by atoms with Crippen molar-refractivity contribution in [2.75, 3.05) is 11.4 Å². The molecule has 2 rings (SSSR count). The highest BCUT2D eigenvalue weighted by Gasteiger charge is 2.19. The molecule has 0 aliphatic heterocycles. The van der Waals surface area contributed by atoms with Crippen molar-refractivity contribution < 1.29 is 18.0 Å². The van der Waals surface area contributed by atoms with Crippen LogP contribution in [-0.2, 0) is 0 Å². The normalized spacial score (nSPS) is 10.4. The van der Waals surface area contributed by atoms with Crippen LogP contribution in [0.5, 0.6) is 0 Å². The summed E-state index contributed by atoms with van der Waals surface area (Å²) in [6.07, 6.45) is 1.38. The molecule has 0 spiro atoms. The Bertz CT molecular complexity index is 552. The van der Waals surface area contributed by atoms with E-state index in [1.54, 1.807) is 13.0 Å². The SMILES string of the molecule is CCN(C(=O)c1ccco1)c1ccc(F)c(F)c1. The molecule has 2 aromatic rings. The van der Waals surface area contributed by atoms with E-state index in [-0.39, 0.29) is 11.4 Å². The van der Waals surface area contributed by atoms with Gasteiger partial charge in [0.15, 0.2) is 17.4 Å². The highest BCUT2D eigenvalue weighted by molar-refractivity contribution is 6.04. The Morgan fingerprint density at radius 3 is 2.61 bits per heavy atom. The number of carbonyl (C=O) groups is 1. The molecule has 1 amide bonds. The molecule has 0 saturated carbocycles. The van der Waals surface area contributed by atoms with Gasteiger partial charge in [0.2, 0.25) is 0 Å². The lowest BCUT2D eigenvalue weighted by Crippen LogP contribution is -2.30. The molecule has 94 valence electrons. The Hall–Kier alpha value is -2.17. The molecule has 1 aromatic heterocycles. The maximum Gasteiger partial charge on any atom is 0.293 e. The summed E-state index contributed by atoms with van der Waals surface area (Å²) in [7, 11) is 0. The summed E-state index contributed by atoms with van der Waals surface area (Å²) in [6.45, 7) is 2.06. The average Bonchev–Trinajstić information content (AvgIpc) is 2.88. The molecule has 0 aliphatic rings. The van der Waals surface area contributed by atoms with E-state index in [0.717, 1.165) is 12.1 Å². The minimum atomic E-state index is -0.988. The van der Waals surface area contributed by atoms with E-state index < -0.39 is 17.5 Å². The van der Waals surface area contributed by atoms with Crippen molar-refractivity contribution in [1.29, 1.82) is 0 Å². The topological polar surface area (TPSA) is 33.5 Å². The van der Waals surface area contributed by atoms with Gasteiger partial charge in [0.25, 0.3) is 5.91 Å². The number of halogens is 2. The molecule has 3 nitrogen and oxygen atoms in total. The van der Waals surface area contributed by atoms with Crippen LogP contribution in [0.4, 0.5) is 14.5 Å². The molecule has 18 heavy (non-hydrogen) atoms. The Labute approximate surface area is 103 Å². The molecule has 5 heteroatoms. The third kappa shape index (κ3) is 2.25. The number of furan rings is 1. The van der Waals surface area contributed by atoms with Crippen LogP contribution in [0.3, 0.4) is 0 Å². The average molecular weight is 251 g/mol. The molecular weight excluding hydrogens is 240 g/mol. The number of nitrogens with zero attached hydrogens (tertiary/aromatic N) is 1. The van der Waals surface area contributed by atoms with E-state index in [2.05, 4.69) is 0 Å². The minimum Gasteiger partial charge on any atom is -0.459 e. The lowest BCUT2D eigenvalue weighted by atomic mass is 10.2. The van der Waals surface area contributed by atoms with Crippen molar-refractivity contribution in [3.63, 3.8) is 0 Å². The maximum absolute atomic E-state index is 13.1. The number of rotatable bonds is 3. The van der Waals surface area contributed by atoms with Crippen LogP contribution in [0, 0.1) is 11.6 Å². The lowest BCUT2D eigenvalue weighted by Gasteiger charge is -2.19. The van der Waals surface area contributed by atoms with Crippen LogP contribution in [0.1, 0.15) is 17.5 Å². The molecule has 0 bridgehead atoms. The quantitative estimate of drug-likeness (QED) is 0.839. The summed E-state index contributed by atoms with van der Waals surface area (Å²) < 4.78 is 31.0. The molecule has 0 fully saturated rings. The smallest absolute Gasteiger partial charge is 0.293 e. The number of hydrogen-bond donors (Lipinski definition) is 0. The molecule has 0 N–H and O–H groups in total.